The van der Waals surface area contributed by atoms with E-state index >= 15 is 0 Å². The van der Waals surface area contributed by atoms with Crippen molar-refractivity contribution in [2.45, 2.75) is 44.9 Å². The highest BCUT2D eigenvalue weighted by Crippen LogP contribution is 2.37. The molecule has 1 aromatic carbocycles. The Morgan fingerprint density at radius 3 is 3.00 bits per heavy atom. The lowest BCUT2D eigenvalue weighted by Gasteiger charge is -2.26. The van der Waals surface area contributed by atoms with Crippen LogP contribution in [0.4, 0.5) is 5.69 Å². The van der Waals surface area contributed by atoms with Gasteiger partial charge in [-0.05, 0) is 37.0 Å². The topological polar surface area (TPSA) is 64.9 Å². The van der Waals surface area contributed by atoms with Crippen LogP contribution in [0, 0.1) is 5.92 Å². The molecule has 2 unspecified atom stereocenters. The smallest absolute Gasteiger partial charge is 0.260 e. The lowest BCUT2D eigenvalue weighted by molar-refractivity contribution is 0.300. The highest BCUT2D eigenvalue weighted by molar-refractivity contribution is 9.10. The first-order valence-electron chi connectivity index (χ1n) is 7.56. The van der Waals surface area contributed by atoms with E-state index in [4.69, 9.17) is 10.3 Å². The predicted molar refractivity (Wildman–Crippen MR) is 86.8 cm³/mol. The minimum Gasteiger partial charge on any atom is -0.398 e. The molecular formula is C16H20BrN3O. The van der Waals surface area contributed by atoms with Crippen LogP contribution < -0.4 is 5.73 Å². The molecule has 1 saturated carbocycles. The van der Waals surface area contributed by atoms with E-state index in [9.17, 15) is 0 Å². The van der Waals surface area contributed by atoms with Gasteiger partial charge in [0, 0.05) is 16.1 Å². The molecule has 0 aliphatic heterocycles. The van der Waals surface area contributed by atoms with Gasteiger partial charge >= 0.3 is 0 Å². The number of halogens is 1. The van der Waals surface area contributed by atoms with E-state index in [0.29, 0.717) is 17.5 Å². The zero-order valence-electron chi connectivity index (χ0n) is 12.2. The Morgan fingerprint density at radius 1 is 1.38 bits per heavy atom. The molecule has 4 nitrogen and oxygen atoms in total. The molecule has 1 aromatic heterocycles. The van der Waals surface area contributed by atoms with Crippen molar-refractivity contribution in [2.75, 3.05) is 5.73 Å². The van der Waals surface area contributed by atoms with Crippen LogP contribution in [0.3, 0.4) is 0 Å². The Balaban J connectivity index is 1.83. The number of nitrogens with zero attached hydrogens (tertiary/aromatic N) is 2. The number of benzene rings is 1. The van der Waals surface area contributed by atoms with E-state index < -0.39 is 0 Å². The third-order valence-corrected chi connectivity index (χ3v) is 4.90. The number of nitrogen functional groups attached to an aromatic ring is 1. The maximum absolute atomic E-state index is 6.03. The zero-order valence-corrected chi connectivity index (χ0v) is 13.8. The molecule has 2 atom stereocenters. The predicted octanol–water partition coefficient (Wildman–Crippen LogP) is 4.77. The van der Waals surface area contributed by atoms with Gasteiger partial charge in [0.25, 0.3) is 5.89 Å². The van der Waals surface area contributed by atoms with Crippen molar-refractivity contribution in [3.05, 3.63) is 28.5 Å². The van der Waals surface area contributed by atoms with Gasteiger partial charge in [-0.3, -0.25) is 0 Å². The molecule has 0 saturated heterocycles. The van der Waals surface area contributed by atoms with Crippen molar-refractivity contribution in [2.24, 2.45) is 5.92 Å². The average molecular weight is 350 g/mol. The van der Waals surface area contributed by atoms with Crippen molar-refractivity contribution in [3.8, 4) is 11.5 Å². The highest BCUT2D eigenvalue weighted by atomic mass is 79.9. The van der Waals surface area contributed by atoms with Crippen LogP contribution in [0.25, 0.3) is 11.5 Å². The van der Waals surface area contributed by atoms with Gasteiger partial charge in [-0.1, -0.05) is 47.3 Å². The SMILES string of the molecule is CCC1CCCC(c2noc(-c3ccc(Br)cc3N)n2)C1. The number of nitrogens with two attached hydrogens (primary N) is 1. The summed E-state index contributed by atoms with van der Waals surface area (Å²) in [4.78, 5) is 4.59. The monoisotopic (exact) mass is 349 g/mol. The summed E-state index contributed by atoms with van der Waals surface area (Å²) in [5, 5.41) is 4.20. The van der Waals surface area contributed by atoms with Crippen LogP contribution in [0.1, 0.15) is 50.8 Å². The molecule has 0 bridgehead atoms. The molecule has 1 aliphatic rings. The third-order valence-electron chi connectivity index (χ3n) is 4.41. The van der Waals surface area contributed by atoms with E-state index in [0.717, 1.165) is 28.2 Å². The second kappa shape index (κ2) is 6.18. The Kier molecular flexibility index (Phi) is 4.29. The molecule has 1 heterocycles. The van der Waals surface area contributed by atoms with E-state index in [1.807, 2.05) is 18.2 Å². The number of anilines is 1. The first-order chi connectivity index (χ1) is 10.2. The molecule has 0 amide bonds. The molecule has 2 aromatic rings. The van der Waals surface area contributed by atoms with Crippen LogP contribution in [-0.4, -0.2) is 10.1 Å². The maximum atomic E-state index is 6.03. The van der Waals surface area contributed by atoms with Crippen LogP contribution in [0.15, 0.2) is 27.2 Å². The van der Waals surface area contributed by atoms with Crippen molar-refractivity contribution in [1.29, 1.82) is 0 Å². The van der Waals surface area contributed by atoms with Crippen LogP contribution in [0.5, 0.6) is 0 Å². The average Bonchev–Trinajstić information content (AvgIpc) is 2.97. The lowest BCUT2D eigenvalue weighted by Crippen LogP contribution is -2.14. The maximum Gasteiger partial charge on any atom is 0.260 e. The van der Waals surface area contributed by atoms with Gasteiger partial charge in [0.2, 0.25) is 0 Å². The Morgan fingerprint density at radius 2 is 2.24 bits per heavy atom. The molecule has 5 heteroatoms. The molecule has 112 valence electrons. The summed E-state index contributed by atoms with van der Waals surface area (Å²) in [6, 6.07) is 5.70. The fraction of sp³-hybridized carbons (Fsp3) is 0.500. The van der Waals surface area contributed by atoms with Crippen LogP contribution in [0.2, 0.25) is 0 Å². The molecule has 3 rings (SSSR count). The second-order valence-corrected chi connectivity index (χ2v) is 6.74. The fourth-order valence-electron chi connectivity index (χ4n) is 3.13. The summed E-state index contributed by atoms with van der Waals surface area (Å²) < 4.78 is 6.38. The molecule has 0 radical (unpaired) electrons. The largest absolute Gasteiger partial charge is 0.398 e. The highest BCUT2D eigenvalue weighted by Gasteiger charge is 2.26. The molecule has 0 spiro atoms. The summed E-state index contributed by atoms with van der Waals surface area (Å²) in [7, 11) is 0. The van der Waals surface area contributed by atoms with E-state index in [-0.39, 0.29) is 0 Å². The van der Waals surface area contributed by atoms with E-state index in [1.54, 1.807) is 0 Å². The summed E-state index contributed by atoms with van der Waals surface area (Å²) in [6.07, 6.45) is 6.16. The number of hydrogen-bond acceptors (Lipinski definition) is 4. The van der Waals surface area contributed by atoms with Gasteiger partial charge in [-0.25, -0.2) is 0 Å². The Hall–Kier alpha value is -1.36. The summed E-state index contributed by atoms with van der Waals surface area (Å²) in [6.45, 7) is 2.26. The Labute approximate surface area is 133 Å². The minimum atomic E-state index is 0.429. The molecule has 1 aliphatic carbocycles. The van der Waals surface area contributed by atoms with Crippen LogP contribution in [-0.2, 0) is 0 Å². The standard InChI is InChI=1S/C16H20BrN3O/c1-2-10-4-3-5-11(8-10)15-19-16(21-20-15)13-7-6-12(17)9-14(13)18/h6-7,9-11H,2-5,8,18H2,1H3. The molecule has 1 fully saturated rings. The van der Waals surface area contributed by atoms with Crippen LogP contribution >= 0.6 is 15.9 Å². The lowest BCUT2D eigenvalue weighted by atomic mass is 9.80. The molecule has 2 N–H and O–H groups in total. The normalized spacial score (nSPS) is 22.4. The van der Waals surface area contributed by atoms with E-state index in [2.05, 4.69) is 33.0 Å². The number of hydrogen-bond donors (Lipinski definition) is 1. The van der Waals surface area contributed by atoms with Crippen molar-refractivity contribution >= 4 is 21.6 Å². The first kappa shape index (κ1) is 14.6. The number of aromatic nitrogens is 2. The van der Waals surface area contributed by atoms with Gasteiger partial charge in [0.15, 0.2) is 5.82 Å². The van der Waals surface area contributed by atoms with Crippen molar-refractivity contribution < 1.29 is 4.52 Å². The molecular weight excluding hydrogens is 330 g/mol. The van der Waals surface area contributed by atoms with Gasteiger partial charge < -0.3 is 10.3 Å². The first-order valence-corrected chi connectivity index (χ1v) is 8.35. The molecule has 21 heavy (non-hydrogen) atoms. The summed E-state index contributed by atoms with van der Waals surface area (Å²) in [5.74, 6) is 2.58. The van der Waals surface area contributed by atoms with E-state index in [1.165, 1.54) is 25.7 Å². The van der Waals surface area contributed by atoms with Crippen molar-refractivity contribution in [3.63, 3.8) is 0 Å². The van der Waals surface area contributed by atoms with Gasteiger partial charge in [0.05, 0.1) is 5.56 Å². The van der Waals surface area contributed by atoms with Gasteiger partial charge in [-0.2, -0.15) is 4.98 Å². The Bertz CT molecular complexity index is 626. The minimum absolute atomic E-state index is 0.429. The summed E-state index contributed by atoms with van der Waals surface area (Å²) >= 11 is 3.40. The quantitative estimate of drug-likeness (QED) is 0.810. The van der Waals surface area contributed by atoms with Gasteiger partial charge in [-0.15, -0.1) is 0 Å². The van der Waals surface area contributed by atoms with Gasteiger partial charge in [0.1, 0.15) is 0 Å². The third kappa shape index (κ3) is 3.12. The fourth-order valence-corrected chi connectivity index (χ4v) is 3.51. The second-order valence-electron chi connectivity index (χ2n) is 5.83. The van der Waals surface area contributed by atoms with Crippen molar-refractivity contribution in [1.82, 2.24) is 10.1 Å². The zero-order chi connectivity index (χ0) is 14.8. The number of rotatable bonds is 3. The summed E-state index contributed by atoms with van der Waals surface area (Å²) in [5.41, 5.74) is 7.48.